The summed E-state index contributed by atoms with van der Waals surface area (Å²) in [7, 11) is 0. The lowest BCUT2D eigenvalue weighted by Gasteiger charge is -2.59. The van der Waals surface area contributed by atoms with Crippen LogP contribution in [0.4, 0.5) is 0 Å². The molecule has 18 atom stereocenters. The number of hydrogen-bond acceptors (Lipinski definition) is 4. The molecule has 8 aliphatic carbocycles. The Bertz CT molecular complexity index is 1440. The van der Waals surface area contributed by atoms with E-state index in [4.69, 9.17) is 0 Å². The van der Waals surface area contributed by atoms with Crippen LogP contribution < -0.4 is 0 Å². The molecule has 0 radical (unpaired) electrons. The molecule has 0 aromatic heterocycles. The minimum absolute atomic E-state index is 0.140. The van der Waals surface area contributed by atoms with Gasteiger partial charge in [-0.3, -0.25) is 0 Å². The first-order chi connectivity index (χ1) is 28.0. The van der Waals surface area contributed by atoms with Crippen molar-refractivity contribution < 1.29 is 20.4 Å². The maximum Gasteiger partial charge on any atom is 0.0657 e. The Labute approximate surface area is 370 Å². The van der Waals surface area contributed by atoms with Crippen LogP contribution in [0.15, 0.2) is 23.3 Å². The highest BCUT2D eigenvalue weighted by Gasteiger charge is 2.61. The van der Waals surface area contributed by atoms with Crippen LogP contribution in [0.3, 0.4) is 0 Å². The molecule has 0 unspecified atom stereocenters. The van der Waals surface area contributed by atoms with E-state index < -0.39 is 11.2 Å². The molecule has 0 aromatic carbocycles. The van der Waals surface area contributed by atoms with Crippen molar-refractivity contribution in [2.45, 2.75) is 235 Å². The summed E-state index contributed by atoms with van der Waals surface area (Å²) in [5, 5.41) is 42.0. The summed E-state index contributed by atoms with van der Waals surface area (Å²) in [4.78, 5) is 0. The Morgan fingerprint density at radius 2 is 0.850 bits per heavy atom. The van der Waals surface area contributed by atoms with E-state index in [1.165, 1.54) is 89.9 Å². The topological polar surface area (TPSA) is 80.9 Å². The van der Waals surface area contributed by atoms with Gasteiger partial charge in [0, 0.05) is 0 Å². The minimum Gasteiger partial charge on any atom is -0.393 e. The van der Waals surface area contributed by atoms with E-state index in [9.17, 15) is 20.4 Å². The van der Waals surface area contributed by atoms with Crippen LogP contribution >= 0.6 is 0 Å². The third-order valence-corrected chi connectivity index (χ3v) is 21.7. The fourth-order valence-corrected chi connectivity index (χ4v) is 17.5. The Hall–Kier alpha value is -0.680. The molecule has 60 heavy (non-hydrogen) atoms. The van der Waals surface area contributed by atoms with Crippen molar-refractivity contribution in [2.24, 2.45) is 92.7 Å². The highest BCUT2D eigenvalue weighted by molar-refractivity contribution is 5.28. The van der Waals surface area contributed by atoms with Crippen molar-refractivity contribution in [3.63, 3.8) is 0 Å². The second-order valence-electron chi connectivity index (χ2n) is 26.1. The van der Waals surface area contributed by atoms with Gasteiger partial charge in [0.2, 0.25) is 0 Å². The Morgan fingerprint density at radius 1 is 0.483 bits per heavy atom. The lowest BCUT2D eigenvalue weighted by molar-refractivity contribution is -0.0710. The van der Waals surface area contributed by atoms with Crippen molar-refractivity contribution in [1.29, 1.82) is 0 Å². The number of rotatable bonds is 10. The summed E-state index contributed by atoms with van der Waals surface area (Å²) in [5.74, 6) is 8.93. The highest BCUT2D eigenvalue weighted by Crippen LogP contribution is 2.69. The molecule has 0 saturated heterocycles. The second-order valence-corrected chi connectivity index (χ2v) is 26.1. The van der Waals surface area contributed by atoms with Crippen LogP contribution in [0.2, 0.25) is 0 Å². The summed E-state index contributed by atoms with van der Waals surface area (Å²) >= 11 is 0. The summed E-state index contributed by atoms with van der Waals surface area (Å²) in [6.45, 7) is 27.9. The zero-order valence-corrected chi connectivity index (χ0v) is 41.2. The number of fused-ring (bicyclic) bond motifs is 10. The number of hydrogen-bond donors (Lipinski definition) is 4. The molecule has 4 N–H and O–H groups in total. The highest BCUT2D eigenvalue weighted by atomic mass is 16.3. The van der Waals surface area contributed by atoms with Crippen LogP contribution in [0.5, 0.6) is 0 Å². The normalized spacial score (nSPS) is 47.8. The molecular weight excluding hydrogens is 737 g/mol. The van der Waals surface area contributed by atoms with Crippen LogP contribution in [-0.4, -0.2) is 43.8 Å². The molecule has 8 aliphatic rings. The monoisotopic (exact) mass is 833 g/mol. The van der Waals surface area contributed by atoms with Gasteiger partial charge in [-0.25, -0.2) is 0 Å². The quantitative estimate of drug-likeness (QED) is 0.165. The van der Waals surface area contributed by atoms with E-state index in [1.807, 2.05) is 13.8 Å². The average molecular weight is 833 g/mol. The van der Waals surface area contributed by atoms with E-state index >= 15 is 0 Å². The maximum atomic E-state index is 10.7. The molecule has 0 bridgehead atoms. The predicted molar refractivity (Wildman–Crippen MR) is 250 cm³/mol. The summed E-state index contributed by atoms with van der Waals surface area (Å²) < 4.78 is 0. The summed E-state index contributed by atoms with van der Waals surface area (Å²) in [5.41, 5.74) is 3.82. The second kappa shape index (κ2) is 17.3. The van der Waals surface area contributed by atoms with Gasteiger partial charge in [0.25, 0.3) is 0 Å². The number of aliphatic hydroxyl groups excluding tert-OH is 2. The van der Waals surface area contributed by atoms with Gasteiger partial charge in [-0.05, 0) is 235 Å². The fraction of sp³-hybridized carbons (Fsp3) is 0.929. The number of allylic oxidation sites excluding steroid dienone is 2. The average Bonchev–Trinajstić information content (AvgIpc) is 3.73. The van der Waals surface area contributed by atoms with Crippen LogP contribution in [-0.2, 0) is 0 Å². The Balaban J connectivity index is 0.000000181. The molecule has 6 saturated carbocycles. The zero-order chi connectivity index (χ0) is 43.8. The molecule has 0 aliphatic heterocycles. The Kier molecular flexibility index (Phi) is 13.6. The molecule has 0 spiro atoms. The van der Waals surface area contributed by atoms with Gasteiger partial charge < -0.3 is 20.4 Å². The first-order valence-electron chi connectivity index (χ1n) is 26.2. The van der Waals surface area contributed by atoms with Crippen LogP contribution in [0.25, 0.3) is 0 Å². The molecular formula is C56H96O4. The molecule has 8 rings (SSSR count). The van der Waals surface area contributed by atoms with E-state index in [0.29, 0.717) is 33.5 Å². The number of aliphatic hydroxyl groups is 4. The van der Waals surface area contributed by atoms with Gasteiger partial charge in [0.1, 0.15) is 0 Å². The van der Waals surface area contributed by atoms with Crippen molar-refractivity contribution in [3.8, 4) is 0 Å². The first-order valence-corrected chi connectivity index (χ1v) is 26.2. The van der Waals surface area contributed by atoms with Gasteiger partial charge in [-0.15, -0.1) is 0 Å². The molecule has 4 nitrogen and oxygen atoms in total. The maximum absolute atomic E-state index is 10.7. The largest absolute Gasteiger partial charge is 0.393 e. The molecule has 6 fully saturated rings. The van der Waals surface area contributed by atoms with E-state index in [1.54, 1.807) is 11.1 Å². The fourth-order valence-electron chi connectivity index (χ4n) is 17.5. The lowest BCUT2D eigenvalue weighted by atomic mass is 9.46. The summed E-state index contributed by atoms with van der Waals surface area (Å²) in [6, 6.07) is 0. The predicted octanol–water partition coefficient (Wildman–Crippen LogP) is 13.5. The van der Waals surface area contributed by atoms with Crippen LogP contribution in [0.1, 0.15) is 212 Å². The third kappa shape index (κ3) is 8.61. The minimum atomic E-state index is -0.490. The van der Waals surface area contributed by atoms with Crippen molar-refractivity contribution in [1.82, 2.24) is 0 Å². The standard InChI is InChI=1S/2C28H48O2/c2*1-18(2)25(29)12-7-19(3)22-10-11-23-21-9-8-20-17-26(4,30)15-16-27(20,5)24(21)13-14-28(22,23)6/h2*8,18-19,21-25,29-30H,7,9-17H2,1-6H3/t2*19-,21+,22-,23+,24+,25-,26+,27+,28-/m11/s1. The summed E-state index contributed by atoms with van der Waals surface area (Å²) in [6.07, 6.45) is 28.8. The van der Waals surface area contributed by atoms with Crippen molar-refractivity contribution >= 4 is 0 Å². The van der Waals surface area contributed by atoms with Gasteiger partial charge in [0.05, 0.1) is 23.4 Å². The van der Waals surface area contributed by atoms with Gasteiger partial charge in [-0.1, -0.05) is 92.5 Å². The molecule has 0 heterocycles. The van der Waals surface area contributed by atoms with Crippen molar-refractivity contribution in [2.75, 3.05) is 0 Å². The molecule has 0 aromatic rings. The molecule has 4 heteroatoms. The van der Waals surface area contributed by atoms with Gasteiger partial charge in [-0.2, -0.15) is 0 Å². The van der Waals surface area contributed by atoms with Crippen LogP contribution in [0, 0.1) is 92.7 Å². The van der Waals surface area contributed by atoms with E-state index in [-0.39, 0.29) is 12.2 Å². The zero-order valence-electron chi connectivity index (χ0n) is 41.2. The van der Waals surface area contributed by atoms with Crippen molar-refractivity contribution in [3.05, 3.63) is 23.3 Å². The van der Waals surface area contributed by atoms with E-state index in [2.05, 4.69) is 81.4 Å². The first kappa shape index (κ1) is 47.3. The lowest BCUT2D eigenvalue weighted by Crippen LogP contribution is -2.52. The Morgan fingerprint density at radius 3 is 1.20 bits per heavy atom. The molecule has 344 valence electrons. The van der Waals surface area contributed by atoms with Gasteiger partial charge in [0.15, 0.2) is 0 Å². The third-order valence-electron chi connectivity index (χ3n) is 21.7. The smallest absolute Gasteiger partial charge is 0.0657 e. The van der Waals surface area contributed by atoms with E-state index in [0.717, 1.165) is 97.7 Å². The van der Waals surface area contributed by atoms with Gasteiger partial charge >= 0.3 is 0 Å². The SMILES string of the molecule is CC(C)[C@H](O)CC[C@@H](C)[C@H]1CC[C@H]2[C@@H]3CC=C4C[C@@](C)(O)CC[C@]4(C)[C@H]3CC[C@]12C.CC(C)[C@H](O)CC[C@@H](C)[C@H]1CC[C@H]2[C@@H]3CC=C4C[C@@](C)(O)CC[C@]4(C)[C@H]3CC[C@]12C. The molecule has 0 amide bonds.